The van der Waals surface area contributed by atoms with Crippen molar-refractivity contribution in [1.29, 1.82) is 0 Å². The fourth-order valence-electron chi connectivity index (χ4n) is 13.6. The van der Waals surface area contributed by atoms with E-state index < -0.39 is 0 Å². The molecular weight excluding hydrogens is 1160 g/mol. The fraction of sp³-hybridized carbons (Fsp3) is 0.104. The summed E-state index contributed by atoms with van der Waals surface area (Å²) in [6, 6.07) is 93.4. The normalized spacial score (nSPS) is 16.8. The minimum atomic E-state index is 0. The van der Waals surface area contributed by atoms with Crippen molar-refractivity contribution in [1.82, 2.24) is 15.0 Å². The fourth-order valence-corrected chi connectivity index (χ4v) is 13.6. The summed E-state index contributed by atoms with van der Waals surface area (Å²) in [6.07, 6.45) is 10.4. The van der Waals surface area contributed by atoms with Gasteiger partial charge in [-0.25, -0.2) is 0 Å². The molecule has 3 nitrogen and oxygen atoms in total. The summed E-state index contributed by atoms with van der Waals surface area (Å²) < 4.78 is 0. The molecule has 2 fully saturated rings. The van der Waals surface area contributed by atoms with Crippen LogP contribution in [-0.4, -0.2) is 15.0 Å². The van der Waals surface area contributed by atoms with Gasteiger partial charge in [0.15, 0.2) is 0 Å². The first kappa shape index (κ1) is 49.1. The van der Waals surface area contributed by atoms with E-state index in [1.807, 2.05) is 18.6 Å². The summed E-state index contributed by atoms with van der Waals surface area (Å²) in [5.74, 6) is 2.15. The molecule has 0 unspecified atom stereocenters. The smallest absolute Gasteiger partial charge is 0.305 e. The molecule has 3 aromatic heterocycles. The number of rotatable bonds is 9. The number of pyridine rings is 3. The standard InChI is InChI=1S/C77H52N3.Ir/c1-2-12-48(13-3-1)49-22-24-50(25-23-49)53-34-37-78-75(47-53)52-28-26-51(27-29-52)63-14-4-7-17-66(63)56-38-57(67-18-8-5-15-64(67)54-30-32-71-73(45-54)61-41-59(42-61)69-20-10-35-79-76(69)71)40-58(39-56)68-19-9-6-16-65(68)55-31-33-72-74(46-55)62-43-60(44-62)70-21-11-36-80-77(70)72;/h1-28,30-31,34-40,45-47,59-62H,41-44H2;/q-3;+3. The number of nitrogens with zero attached hydrogens (tertiary/aromatic N) is 3. The number of benzene rings is 9. The van der Waals surface area contributed by atoms with Gasteiger partial charge >= 0.3 is 20.1 Å². The van der Waals surface area contributed by atoms with E-state index in [0.29, 0.717) is 23.7 Å². The molecule has 0 N–H and O–H groups in total. The Morgan fingerprint density at radius 2 is 0.691 bits per heavy atom. The van der Waals surface area contributed by atoms with Crippen LogP contribution in [0.2, 0.25) is 0 Å². The van der Waals surface area contributed by atoms with E-state index in [1.165, 1.54) is 66.8 Å². The van der Waals surface area contributed by atoms with Crippen molar-refractivity contribution in [3.63, 3.8) is 0 Å². The molecule has 2 saturated carbocycles. The van der Waals surface area contributed by atoms with Crippen molar-refractivity contribution in [2.45, 2.75) is 49.4 Å². The van der Waals surface area contributed by atoms with E-state index in [-0.39, 0.29) is 20.1 Å². The summed E-state index contributed by atoms with van der Waals surface area (Å²) in [6.45, 7) is 0. The Bertz CT molecular complexity index is 4210. The van der Waals surface area contributed by atoms with E-state index in [4.69, 9.17) is 15.0 Å². The van der Waals surface area contributed by atoms with E-state index >= 15 is 0 Å². The van der Waals surface area contributed by atoms with Crippen molar-refractivity contribution in [3.05, 3.63) is 283 Å². The van der Waals surface area contributed by atoms with E-state index in [1.54, 1.807) is 0 Å². The van der Waals surface area contributed by atoms with Crippen LogP contribution in [0.3, 0.4) is 0 Å². The second kappa shape index (κ2) is 20.3. The molecule has 81 heavy (non-hydrogen) atoms. The molecule has 3 heterocycles. The van der Waals surface area contributed by atoms with Crippen LogP contribution in [-0.2, 0) is 20.1 Å². The quantitative estimate of drug-likeness (QED) is 0.135. The molecule has 0 saturated heterocycles. The third-order valence-corrected chi connectivity index (χ3v) is 17.9. The number of aromatic nitrogens is 3. The van der Waals surface area contributed by atoms with Crippen molar-refractivity contribution in [2.75, 3.05) is 0 Å². The predicted octanol–water partition coefficient (Wildman–Crippen LogP) is 19.6. The summed E-state index contributed by atoms with van der Waals surface area (Å²) in [4.78, 5) is 14.7. The SMILES string of the molecule is [Ir+3].[c-]1cc(-c2ccccc2-c2cc(-c3ccccc3-c3c[c-]c4c(c3)C3CC(C3)c3cccnc3-4)cc(-c3ccccc3-c3c[c-]c4c(c3)C3CC(C3)c3cccnc3-4)c2)ccc1-c1cc(-c2ccc(-c3ccccc3)cc2)ccn1. The average Bonchev–Trinajstić information content (AvgIpc) is 3.69. The van der Waals surface area contributed by atoms with Gasteiger partial charge in [0.25, 0.3) is 0 Å². The Kier molecular flexibility index (Phi) is 12.3. The zero-order valence-electron chi connectivity index (χ0n) is 44.4. The van der Waals surface area contributed by atoms with E-state index in [2.05, 4.69) is 243 Å². The first-order valence-electron chi connectivity index (χ1n) is 28.2. The zero-order valence-corrected chi connectivity index (χ0v) is 46.8. The van der Waals surface area contributed by atoms with E-state index in [0.717, 1.165) is 104 Å². The van der Waals surface area contributed by atoms with Crippen LogP contribution in [0.25, 0.3) is 123 Å². The third-order valence-electron chi connectivity index (χ3n) is 17.9. The largest absolute Gasteiger partial charge is 3.00 e. The Morgan fingerprint density at radius 1 is 0.284 bits per heavy atom. The predicted molar refractivity (Wildman–Crippen MR) is 326 cm³/mol. The van der Waals surface area contributed by atoms with Gasteiger partial charge in [0.2, 0.25) is 0 Å². The summed E-state index contributed by atoms with van der Waals surface area (Å²) in [7, 11) is 0. The minimum Gasteiger partial charge on any atom is -0.305 e. The molecule has 0 amide bonds. The maximum absolute atomic E-state index is 4.94. The molecule has 0 spiro atoms. The van der Waals surface area contributed by atoms with Gasteiger partial charge in [0.1, 0.15) is 0 Å². The summed E-state index contributed by atoms with van der Waals surface area (Å²) in [5.41, 5.74) is 30.5. The van der Waals surface area contributed by atoms with Crippen molar-refractivity contribution >= 4 is 0 Å². The molecule has 0 atom stereocenters. The van der Waals surface area contributed by atoms with E-state index in [9.17, 15) is 0 Å². The molecule has 12 aromatic rings. The first-order valence-corrected chi connectivity index (χ1v) is 28.2. The Morgan fingerprint density at radius 3 is 1.17 bits per heavy atom. The molecule has 6 aliphatic carbocycles. The Hall–Kier alpha value is -8.92. The van der Waals surface area contributed by atoms with Gasteiger partial charge in [-0.15, -0.1) is 88.5 Å². The summed E-state index contributed by atoms with van der Waals surface area (Å²) in [5, 5.41) is 0. The van der Waals surface area contributed by atoms with Crippen molar-refractivity contribution in [2.24, 2.45) is 0 Å². The molecule has 18 rings (SSSR count). The van der Waals surface area contributed by atoms with Crippen molar-refractivity contribution < 1.29 is 20.1 Å². The molecular formula is C77H52IrN3. The maximum atomic E-state index is 4.94. The second-order valence-corrected chi connectivity index (χ2v) is 22.4. The molecule has 9 aromatic carbocycles. The van der Waals surface area contributed by atoms with Gasteiger partial charge in [-0.2, -0.15) is 0 Å². The van der Waals surface area contributed by atoms with Gasteiger partial charge < -0.3 is 15.0 Å². The van der Waals surface area contributed by atoms with Gasteiger partial charge in [-0.3, -0.25) is 0 Å². The minimum absolute atomic E-state index is 0. The van der Waals surface area contributed by atoms with Gasteiger partial charge in [0.05, 0.1) is 0 Å². The molecule has 4 heteroatoms. The Labute approximate surface area is 487 Å². The maximum Gasteiger partial charge on any atom is 3.00 e. The van der Waals surface area contributed by atoms with Crippen LogP contribution in [0.15, 0.2) is 243 Å². The summed E-state index contributed by atoms with van der Waals surface area (Å²) >= 11 is 0. The van der Waals surface area contributed by atoms with Crippen LogP contribution in [0, 0.1) is 18.2 Å². The van der Waals surface area contributed by atoms with Gasteiger partial charge in [-0.1, -0.05) is 190 Å². The Balaban J connectivity index is 0.00000564. The molecule has 0 radical (unpaired) electrons. The topological polar surface area (TPSA) is 38.7 Å². The van der Waals surface area contributed by atoms with Crippen molar-refractivity contribution in [3.8, 4) is 123 Å². The van der Waals surface area contributed by atoms with Crippen LogP contribution < -0.4 is 0 Å². The monoisotopic (exact) mass is 1210 g/mol. The molecule has 6 aliphatic rings. The first-order chi connectivity index (χ1) is 39.6. The third kappa shape index (κ3) is 8.64. The number of hydrogen-bond acceptors (Lipinski definition) is 3. The van der Waals surface area contributed by atoms with Gasteiger partial charge in [0, 0.05) is 18.6 Å². The molecule has 384 valence electrons. The molecule has 0 aliphatic heterocycles. The van der Waals surface area contributed by atoms with Gasteiger partial charge in [-0.05, 0) is 158 Å². The average molecular weight is 1210 g/mol. The van der Waals surface area contributed by atoms with Crippen LogP contribution in [0.4, 0.5) is 0 Å². The van der Waals surface area contributed by atoms with Crippen LogP contribution in [0.1, 0.15) is 71.6 Å². The zero-order chi connectivity index (χ0) is 52.7. The van der Waals surface area contributed by atoms with Crippen LogP contribution >= 0.6 is 0 Å². The number of hydrogen-bond donors (Lipinski definition) is 0. The molecule has 4 bridgehead atoms. The van der Waals surface area contributed by atoms with Crippen LogP contribution in [0.5, 0.6) is 0 Å². The second-order valence-electron chi connectivity index (χ2n) is 22.4.